The van der Waals surface area contributed by atoms with Crippen LogP contribution in [0.15, 0.2) is 42.6 Å². The molecule has 0 aliphatic heterocycles. The van der Waals surface area contributed by atoms with Gasteiger partial charge in [0.2, 0.25) is 0 Å². The predicted molar refractivity (Wildman–Crippen MR) is 75.3 cm³/mol. The van der Waals surface area contributed by atoms with Gasteiger partial charge in [0.15, 0.2) is 0 Å². The maximum atomic E-state index is 9.10. The number of hydrazine groups is 1. The summed E-state index contributed by atoms with van der Waals surface area (Å²) in [6.45, 7) is 0.605. The zero-order valence-corrected chi connectivity index (χ0v) is 10.7. The van der Waals surface area contributed by atoms with E-state index < -0.39 is 0 Å². The van der Waals surface area contributed by atoms with Crippen molar-refractivity contribution in [3.63, 3.8) is 0 Å². The summed E-state index contributed by atoms with van der Waals surface area (Å²) in [4.78, 5) is 6.28. The van der Waals surface area contributed by atoms with E-state index in [9.17, 15) is 0 Å². The van der Waals surface area contributed by atoms with Crippen LogP contribution in [0.3, 0.4) is 0 Å². The highest BCUT2D eigenvalue weighted by Crippen LogP contribution is 2.20. The van der Waals surface area contributed by atoms with E-state index in [-0.39, 0.29) is 0 Å². The summed E-state index contributed by atoms with van der Waals surface area (Å²) < 4.78 is 0. The third kappa shape index (κ3) is 3.00. The molecule has 0 fully saturated rings. The Labute approximate surface area is 112 Å². The number of nitrogens with one attached hydrogen (secondary N) is 1. The Kier molecular flexibility index (Phi) is 3.96. The van der Waals surface area contributed by atoms with Crippen molar-refractivity contribution >= 4 is 11.4 Å². The van der Waals surface area contributed by atoms with Gasteiger partial charge in [-0.3, -0.25) is 10.8 Å². The molecule has 1 aromatic carbocycles. The number of rotatable bonds is 4. The van der Waals surface area contributed by atoms with Crippen LogP contribution in [0, 0.1) is 11.3 Å². The monoisotopic (exact) mass is 253 g/mol. The largest absolute Gasteiger partial charge is 0.368 e. The van der Waals surface area contributed by atoms with Crippen LogP contribution in [-0.4, -0.2) is 12.0 Å². The molecule has 0 amide bonds. The van der Waals surface area contributed by atoms with Crippen molar-refractivity contribution in [3.8, 4) is 6.07 Å². The molecule has 96 valence electrons. The van der Waals surface area contributed by atoms with Crippen LogP contribution in [0.25, 0.3) is 0 Å². The molecule has 1 heterocycles. The fourth-order valence-corrected chi connectivity index (χ4v) is 1.88. The van der Waals surface area contributed by atoms with E-state index in [1.165, 1.54) is 0 Å². The molecule has 0 aliphatic rings. The molecule has 2 aromatic rings. The van der Waals surface area contributed by atoms with Gasteiger partial charge in [-0.05, 0) is 24.3 Å². The number of nitrogens with zero attached hydrogens (tertiary/aromatic N) is 3. The Morgan fingerprint density at radius 2 is 2.16 bits per heavy atom. The first-order valence-electron chi connectivity index (χ1n) is 5.86. The third-order valence-corrected chi connectivity index (χ3v) is 2.82. The lowest BCUT2D eigenvalue weighted by Gasteiger charge is -2.20. The molecule has 0 spiro atoms. The average molecular weight is 253 g/mol. The zero-order chi connectivity index (χ0) is 13.7. The topological polar surface area (TPSA) is 78.0 Å². The molecule has 0 saturated heterocycles. The number of nitrogen functional groups attached to an aromatic ring is 1. The average Bonchev–Trinajstić information content (AvgIpc) is 2.47. The molecule has 5 nitrogen and oxygen atoms in total. The minimum Gasteiger partial charge on any atom is -0.368 e. The van der Waals surface area contributed by atoms with Gasteiger partial charge in [-0.25, -0.2) is 0 Å². The fourth-order valence-electron chi connectivity index (χ4n) is 1.88. The number of aromatic nitrogens is 1. The quantitative estimate of drug-likeness (QED) is 0.642. The number of nitrogens with two attached hydrogens (primary N) is 1. The standard InChI is InChI=1S/C14H15N5/c1-19(14-5-3-2-4-11(14)9-15)10-13-8-12(18-16)6-7-17-13/h2-8H,10,16H2,1H3,(H,17,18). The number of hydrogen-bond donors (Lipinski definition) is 2. The van der Waals surface area contributed by atoms with Crippen molar-refractivity contribution in [1.29, 1.82) is 5.26 Å². The molecule has 3 N–H and O–H groups in total. The number of pyridine rings is 1. The van der Waals surface area contributed by atoms with Gasteiger partial charge in [0.1, 0.15) is 6.07 Å². The number of nitriles is 1. The van der Waals surface area contributed by atoms with Gasteiger partial charge in [0.25, 0.3) is 0 Å². The molecule has 0 radical (unpaired) electrons. The summed E-state index contributed by atoms with van der Waals surface area (Å²) in [6.07, 6.45) is 1.70. The summed E-state index contributed by atoms with van der Waals surface area (Å²) in [5.41, 5.74) is 5.82. The van der Waals surface area contributed by atoms with E-state index in [2.05, 4.69) is 16.5 Å². The molecule has 0 bridgehead atoms. The van der Waals surface area contributed by atoms with E-state index in [0.29, 0.717) is 12.1 Å². The van der Waals surface area contributed by atoms with Gasteiger partial charge in [-0.2, -0.15) is 5.26 Å². The minimum atomic E-state index is 0.605. The highest BCUT2D eigenvalue weighted by Gasteiger charge is 2.08. The van der Waals surface area contributed by atoms with E-state index in [4.69, 9.17) is 11.1 Å². The van der Waals surface area contributed by atoms with Crippen LogP contribution in [0.1, 0.15) is 11.3 Å². The Hall–Kier alpha value is -2.58. The molecule has 19 heavy (non-hydrogen) atoms. The van der Waals surface area contributed by atoms with Crippen molar-refractivity contribution in [2.24, 2.45) is 5.84 Å². The summed E-state index contributed by atoms with van der Waals surface area (Å²) in [6, 6.07) is 13.4. The van der Waals surface area contributed by atoms with Crippen LogP contribution in [-0.2, 0) is 6.54 Å². The minimum absolute atomic E-state index is 0.605. The van der Waals surface area contributed by atoms with Crippen molar-refractivity contribution < 1.29 is 0 Å². The van der Waals surface area contributed by atoms with Crippen molar-refractivity contribution in [2.45, 2.75) is 6.54 Å². The lowest BCUT2D eigenvalue weighted by atomic mass is 10.1. The van der Waals surface area contributed by atoms with Crippen molar-refractivity contribution in [3.05, 3.63) is 53.9 Å². The Bertz CT molecular complexity index is 603. The first kappa shape index (κ1) is 12.9. The number of benzene rings is 1. The molecule has 0 aliphatic carbocycles. The van der Waals surface area contributed by atoms with Gasteiger partial charge >= 0.3 is 0 Å². The molecular weight excluding hydrogens is 238 g/mol. The number of hydrogen-bond acceptors (Lipinski definition) is 5. The Morgan fingerprint density at radius 1 is 1.37 bits per heavy atom. The van der Waals surface area contributed by atoms with Crippen LogP contribution < -0.4 is 16.2 Å². The van der Waals surface area contributed by atoms with Crippen LogP contribution >= 0.6 is 0 Å². The Balaban J connectivity index is 2.21. The number of anilines is 2. The predicted octanol–water partition coefficient (Wildman–Crippen LogP) is 1.88. The summed E-state index contributed by atoms with van der Waals surface area (Å²) in [5, 5.41) is 9.10. The van der Waals surface area contributed by atoms with Gasteiger partial charge in [-0.15, -0.1) is 0 Å². The second kappa shape index (κ2) is 5.85. The fraction of sp³-hybridized carbons (Fsp3) is 0.143. The SMILES string of the molecule is CN(Cc1cc(NN)ccn1)c1ccccc1C#N. The molecule has 5 heteroatoms. The lowest BCUT2D eigenvalue weighted by molar-refractivity contribution is 0.883. The van der Waals surface area contributed by atoms with E-state index in [1.54, 1.807) is 18.3 Å². The van der Waals surface area contributed by atoms with Gasteiger partial charge in [-0.1, -0.05) is 12.1 Å². The first-order valence-corrected chi connectivity index (χ1v) is 5.86. The Morgan fingerprint density at radius 3 is 2.89 bits per heavy atom. The number of para-hydroxylation sites is 1. The molecular formula is C14H15N5. The van der Waals surface area contributed by atoms with E-state index >= 15 is 0 Å². The summed E-state index contributed by atoms with van der Waals surface area (Å²) in [5.74, 6) is 5.37. The second-order valence-corrected chi connectivity index (χ2v) is 4.17. The van der Waals surface area contributed by atoms with Crippen LogP contribution in [0.5, 0.6) is 0 Å². The first-order chi connectivity index (χ1) is 9.24. The zero-order valence-electron chi connectivity index (χ0n) is 10.7. The molecule has 0 unspecified atom stereocenters. The summed E-state index contributed by atoms with van der Waals surface area (Å²) >= 11 is 0. The highest BCUT2D eigenvalue weighted by atomic mass is 15.2. The lowest BCUT2D eigenvalue weighted by Crippen LogP contribution is -2.18. The van der Waals surface area contributed by atoms with Crippen molar-refractivity contribution in [1.82, 2.24) is 4.98 Å². The maximum Gasteiger partial charge on any atom is 0.101 e. The van der Waals surface area contributed by atoms with Gasteiger partial charge < -0.3 is 10.3 Å². The van der Waals surface area contributed by atoms with Gasteiger partial charge in [0.05, 0.1) is 29.2 Å². The summed E-state index contributed by atoms with van der Waals surface area (Å²) in [7, 11) is 1.93. The smallest absolute Gasteiger partial charge is 0.101 e. The molecule has 0 atom stereocenters. The van der Waals surface area contributed by atoms with Crippen molar-refractivity contribution in [2.75, 3.05) is 17.4 Å². The maximum absolute atomic E-state index is 9.10. The van der Waals surface area contributed by atoms with E-state index in [0.717, 1.165) is 17.1 Å². The van der Waals surface area contributed by atoms with Crippen LogP contribution in [0.2, 0.25) is 0 Å². The second-order valence-electron chi connectivity index (χ2n) is 4.17. The third-order valence-electron chi connectivity index (χ3n) is 2.82. The molecule has 2 rings (SSSR count). The molecule has 0 saturated carbocycles. The van der Waals surface area contributed by atoms with Crippen LogP contribution in [0.4, 0.5) is 11.4 Å². The molecule has 1 aromatic heterocycles. The highest BCUT2D eigenvalue weighted by molar-refractivity contribution is 5.58. The van der Waals surface area contributed by atoms with E-state index in [1.807, 2.05) is 36.2 Å². The van der Waals surface area contributed by atoms with Gasteiger partial charge in [0, 0.05) is 13.2 Å². The normalized spacial score (nSPS) is 9.74.